The molecule has 5 aromatic rings. The van der Waals surface area contributed by atoms with Gasteiger partial charge in [-0.05, 0) is 48.4 Å². The van der Waals surface area contributed by atoms with Gasteiger partial charge in [0, 0.05) is 28.6 Å². The number of carbonyl (C=O) groups excluding carboxylic acids is 2. The number of carboxylic acids is 1. The van der Waals surface area contributed by atoms with Crippen LogP contribution >= 0.6 is 34.9 Å². The minimum atomic E-state index is -4.13. The molecule has 0 saturated carbocycles. The van der Waals surface area contributed by atoms with Crippen LogP contribution in [0.15, 0.2) is 74.2 Å². The number of aromatic hydroxyl groups is 4. The summed E-state index contributed by atoms with van der Waals surface area (Å²) in [4.78, 5) is 58.6. The van der Waals surface area contributed by atoms with Crippen LogP contribution < -0.4 is 15.8 Å². The van der Waals surface area contributed by atoms with E-state index in [1.54, 1.807) is 13.0 Å². The summed E-state index contributed by atoms with van der Waals surface area (Å²) >= 11 is 3.48. The number of thioether (sulfide) groups is 2. The molecule has 2 aromatic carbocycles. The molecule has 3 aromatic heterocycles. The average Bonchev–Trinajstić information content (AvgIpc) is 3.81. The standard InChI is InChI=1S/C33H30N10O11S4/c1-14-6-24(43-33(36-14)38-23(40-43)9-35-58(52,53)17-3-5-20(45)22(47)8-17)55-11-16-12-56-30-26(29(49)42(30)27(16)31(50)51)39-28(48)25(18-13-57-32(34)37-18)41-54-10-15-2-4-19(44)21(46)7-15/h2-8,13,26,30,35,44-47H,9-12H2,1H3,(H2,34,37)(H,39,48)(H,50,51)/t26-,30-/m1/s1. The van der Waals surface area contributed by atoms with E-state index in [0.717, 1.165) is 34.4 Å². The number of hydrogen-bond acceptors (Lipinski definition) is 19. The fourth-order valence-corrected chi connectivity index (χ4v) is 9.76. The number of aryl methyl sites for hydroxylation is 1. The highest BCUT2D eigenvalue weighted by Gasteiger charge is 2.54. The van der Waals surface area contributed by atoms with E-state index in [2.05, 4.69) is 35.2 Å². The molecule has 9 N–H and O–H groups in total. The lowest BCUT2D eigenvalue weighted by Gasteiger charge is -2.49. The SMILES string of the molecule is Cc1cc(SCC2=C(C(=O)O)N3C(=O)[C@@H](NC(=O)C(=NOCc4ccc(O)c(O)c4)c4csc(N)n4)[C@H]3SC2)n2nc(CNS(=O)(=O)c3ccc(O)c(O)c3)nc2n1. The Morgan fingerprint density at radius 1 is 1.05 bits per heavy atom. The third kappa shape index (κ3) is 8.15. The lowest BCUT2D eigenvalue weighted by molar-refractivity contribution is -0.150. The van der Waals surface area contributed by atoms with Crippen molar-refractivity contribution in [2.75, 3.05) is 17.2 Å². The van der Waals surface area contributed by atoms with E-state index < -0.39 is 50.7 Å². The van der Waals surface area contributed by atoms with Crippen LogP contribution in [0, 0.1) is 6.92 Å². The summed E-state index contributed by atoms with van der Waals surface area (Å²) in [6.45, 7) is 1.16. The van der Waals surface area contributed by atoms with E-state index in [4.69, 9.17) is 10.6 Å². The molecular formula is C33H30N10O11S4. The number of nitrogens with one attached hydrogen (secondary N) is 2. The third-order valence-electron chi connectivity index (χ3n) is 8.47. The Morgan fingerprint density at radius 3 is 2.48 bits per heavy atom. The van der Waals surface area contributed by atoms with Crippen molar-refractivity contribution in [2.24, 2.45) is 5.16 Å². The Kier molecular flexibility index (Phi) is 11.1. The molecule has 5 heterocycles. The van der Waals surface area contributed by atoms with Crippen LogP contribution in [0.5, 0.6) is 23.0 Å². The lowest BCUT2D eigenvalue weighted by Crippen LogP contribution is -2.71. The molecule has 0 bridgehead atoms. The molecule has 25 heteroatoms. The number of nitrogens with zero attached hydrogens (tertiary/aromatic N) is 7. The second-order valence-electron chi connectivity index (χ2n) is 12.5. The zero-order chi connectivity index (χ0) is 41.5. The third-order valence-corrected chi connectivity index (χ3v) is 13.0. The first kappa shape index (κ1) is 40.1. The normalized spacial score (nSPS) is 16.9. The fourth-order valence-electron chi connectivity index (χ4n) is 5.68. The summed E-state index contributed by atoms with van der Waals surface area (Å²) < 4.78 is 29.3. The Bertz CT molecular complexity index is 2670. The number of phenols is 4. The number of carboxylic acid groups (broad SMARTS) is 1. The van der Waals surface area contributed by atoms with Crippen LogP contribution in [-0.4, -0.2) is 110 Å². The molecular weight excluding hydrogens is 841 g/mol. The number of fused-ring (bicyclic) bond motifs is 2. The van der Waals surface area contributed by atoms with Crippen LogP contribution in [-0.2, 0) is 42.4 Å². The molecule has 2 amide bonds. The Labute approximate surface area is 339 Å². The van der Waals surface area contributed by atoms with Crippen molar-refractivity contribution in [1.29, 1.82) is 0 Å². The second kappa shape index (κ2) is 16.0. The Balaban J connectivity index is 1.04. The molecule has 21 nitrogen and oxygen atoms in total. The predicted octanol–water partition coefficient (Wildman–Crippen LogP) is 1.22. The van der Waals surface area contributed by atoms with Gasteiger partial charge in [0.1, 0.15) is 34.4 Å². The number of carbonyl (C=O) groups is 3. The van der Waals surface area contributed by atoms with Crippen molar-refractivity contribution in [3.8, 4) is 23.0 Å². The Morgan fingerprint density at radius 2 is 1.79 bits per heavy atom. The molecule has 0 radical (unpaired) electrons. The second-order valence-corrected chi connectivity index (χ2v) is 17.2. The summed E-state index contributed by atoms with van der Waals surface area (Å²) in [5.41, 5.74) is 6.69. The quantitative estimate of drug-likeness (QED) is 0.0194. The van der Waals surface area contributed by atoms with Crippen LogP contribution in [0.1, 0.15) is 22.8 Å². The molecule has 2 aliphatic heterocycles. The van der Waals surface area contributed by atoms with E-state index in [1.807, 2.05) is 0 Å². The van der Waals surface area contributed by atoms with Crippen molar-refractivity contribution in [3.05, 3.63) is 81.9 Å². The smallest absolute Gasteiger partial charge is 0.352 e. The maximum Gasteiger partial charge on any atom is 0.352 e. The highest BCUT2D eigenvalue weighted by atomic mass is 32.2. The number of nitrogens with two attached hydrogens (primary N) is 1. The first-order chi connectivity index (χ1) is 27.6. The number of amides is 2. The number of anilines is 1. The Hall–Kier alpha value is -6.15. The van der Waals surface area contributed by atoms with Gasteiger partial charge in [0.05, 0.1) is 11.4 Å². The van der Waals surface area contributed by atoms with Gasteiger partial charge in [-0.25, -0.2) is 27.9 Å². The molecule has 0 unspecified atom stereocenters. The van der Waals surface area contributed by atoms with Crippen molar-refractivity contribution in [1.82, 2.24) is 39.5 Å². The molecule has 302 valence electrons. The molecule has 1 saturated heterocycles. The highest BCUT2D eigenvalue weighted by molar-refractivity contribution is 8.01. The summed E-state index contributed by atoms with van der Waals surface area (Å²) in [7, 11) is -4.13. The predicted molar refractivity (Wildman–Crippen MR) is 207 cm³/mol. The number of hydrogen-bond donors (Lipinski definition) is 8. The topological polar surface area (TPSA) is 317 Å². The van der Waals surface area contributed by atoms with Gasteiger partial charge in [0.2, 0.25) is 10.0 Å². The van der Waals surface area contributed by atoms with Gasteiger partial charge < -0.3 is 41.4 Å². The largest absolute Gasteiger partial charge is 0.504 e. The summed E-state index contributed by atoms with van der Waals surface area (Å²) in [5, 5.41) is 61.1. The fraction of sp³-hybridized carbons (Fsp3) is 0.212. The molecule has 0 aliphatic carbocycles. The maximum atomic E-state index is 13.5. The first-order valence-corrected chi connectivity index (χ1v) is 21.0. The van der Waals surface area contributed by atoms with E-state index >= 15 is 0 Å². The lowest BCUT2D eigenvalue weighted by atomic mass is 10.0. The minimum Gasteiger partial charge on any atom is -0.504 e. The van der Waals surface area contributed by atoms with Gasteiger partial charge in [-0.1, -0.05) is 11.2 Å². The maximum absolute atomic E-state index is 13.5. The van der Waals surface area contributed by atoms with Gasteiger partial charge in [0.25, 0.3) is 17.6 Å². The molecule has 7 rings (SSSR count). The number of oxime groups is 1. The monoisotopic (exact) mass is 870 g/mol. The van der Waals surface area contributed by atoms with Gasteiger partial charge in [-0.2, -0.15) is 9.50 Å². The van der Waals surface area contributed by atoms with Crippen LogP contribution in [0.25, 0.3) is 5.78 Å². The van der Waals surface area contributed by atoms with Gasteiger partial charge >= 0.3 is 5.97 Å². The number of phenolic OH excluding ortho intramolecular Hbond substituents is 4. The number of thiazole rings is 1. The van der Waals surface area contributed by atoms with E-state index in [0.29, 0.717) is 21.9 Å². The van der Waals surface area contributed by atoms with E-state index in [9.17, 15) is 48.3 Å². The van der Waals surface area contributed by atoms with E-state index in [-0.39, 0.29) is 74.9 Å². The highest BCUT2D eigenvalue weighted by Crippen LogP contribution is 2.42. The summed E-state index contributed by atoms with van der Waals surface area (Å²) in [6, 6.07) is 7.60. The van der Waals surface area contributed by atoms with Crippen LogP contribution in [0.4, 0.5) is 5.13 Å². The van der Waals surface area contributed by atoms with Crippen molar-refractivity contribution >= 4 is 79.3 Å². The average molecular weight is 871 g/mol. The summed E-state index contributed by atoms with van der Waals surface area (Å²) in [5.74, 6) is -4.16. The van der Waals surface area contributed by atoms with Gasteiger partial charge in [-0.15, -0.1) is 40.0 Å². The summed E-state index contributed by atoms with van der Waals surface area (Å²) in [6.07, 6.45) is 0. The van der Waals surface area contributed by atoms with Crippen molar-refractivity contribution in [3.63, 3.8) is 0 Å². The van der Waals surface area contributed by atoms with Crippen LogP contribution in [0.3, 0.4) is 0 Å². The zero-order valence-electron chi connectivity index (χ0n) is 29.6. The molecule has 2 atom stereocenters. The number of aliphatic carboxylic acids is 1. The van der Waals surface area contributed by atoms with Crippen molar-refractivity contribution in [2.45, 2.75) is 41.4 Å². The van der Waals surface area contributed by atoms with Crippen molar-refractivity contribution < 1.29 is 53.2 Å². The number of β-lactam (4-membered cyclic amide) rings is 1. The van der Waals surface area contributed by atoms with E-state index in [1.165, 1.54) is 51.6 Å². The number of benzene rings is 2. The first-order valence-electron chi connectivity index (χ1n) is 16.6. The number of nitrogen functional groups attached to an aromatic ring is 1. The number of rotatable bonds is 14. The minimum absolute atomic E-state index is 0.0583. The molecule has 58 heavy (non-hydrogen) atoms. The van der Waals surface area contributed by atoms with Crippen LogP contribution in [0.2, 0.25) is 0 Å². The zero-order valence-corrected chi connectivity index (χ0v) is 32.9. The number of sulfonamides is 1. The number of aromatic nitrogens is 5. The van der Waals surface area contributed by atoms with Gasteiger partial charge in [-0.3, -0.25) is 14.5 Å². The molecule has 2 aliphatic rings. The van der Waals surface area contributed by atoms with Gasteiger partial charge in [0.15, 0.2) is 39.7 Å². The molecule has 0 spiro atoms. The molecule has 1 fully saturated rings.